The van der Waals surface area contributed by atoms with Crippen molar-refractivity contribution in [2.45, 2.75) is 19.8 Å². The zero-order valence-electron chi connectivity index (χ0n) is 19.6. The van der Waals surface area contributed by atoms with E-state index >= 15 is 0 Å². The summed E-state index contributed by atoms with van der Waals surface area (Å²) in [7, 11) is 0. The van der Waals surface area contributed by atoms with E-state index in [0.717, 1.165) is 24.6 Å². The number of amides is 2. The molecule has 5 rings (SSSR count). The van der Waals surface area contributed by atoms with Crippen molar-refractivity contribution < 1.29 is 14.1 Å². The van der Waals surface area contributed by atoms with Gasteiger partial charge in [0.1, 0.15) is 5.15 Å². The Balaban J connectivity index is 1.18. The van der Waals surface area contributed by atoms with Crippen LogP contribution in [0.2, 0.25) is 5.15 Å². The third kappa shape index (κ3) is 5.14. The van der Waals surface area contributed by atoms with Gasteiger partial charge in [-0.15, -0.1) is 0 Å². The van der Waals surface area contributed by atoms with E-state index in [1.807, 2.05) is 12.1 Å². The molecule has 0 unspecified atom stereocenters. The molecule has 35 heavy (non-hydrogen) atoms. The summed E-state index contributed by atoms with van der Waals surface area (Å²) in [5, 5.41) is 4.35. The summed E-state index contributed by atoms with van der Waals surface area (Å²) in [5.41, 5.74) is 2.45. The zero-order chi connectivity index (χ0) is 24.4. The van der Waals surface area contributed by atoms with Gasteiger partial charge in [-0.2, -0.15) is 4.98 Å². The van der Waals surface area contributed by atoms with Crippen LogP contribution in [0.15, 0.2) is 47.1 Å². The van der Waals surface area contributed by atoms with Crippen LogP contribution in [0.3, 0.4) is 0 Å². The van der Waals surface area contributed by atoms with Crippen molar-refractivity contribution in [3.8, 4) is 11.4 Å². The second kappa shape index (κ2) is 10.0. The molecule has 182 valence electrons. The minimum absolute atomic E-state index is 0.0456. The minimum Gasteiger partial charge on any atom is -0.372 e. The molecule has 2 aliphatic rings. The summed E-state index contributed by atoms with van der Waals surface area (Å²) >= 11 is 5.80. The molecule has 0 radical (unpaired) electrons. The van der Waals surface area contributed by atoms with Crippen LogP contribution in [0, 0.1) is 5.92 Å². The van der Waals surface area contributed by atoms with E-state index in [-0.39, 0.29) is 17.7 Å². The lowest BCUT2D eigenvalue weighted by molar-refractivity contribution is 0.0508. The predicted octanol–water partition coefficient (Wildman–Crippen LogP) is 3.62. The third-order valence-corrected chi connectivity index (χ3v) is 6.94. The summed E-state index contributed by atoms with van der Waals surface area (Å²) in [6.45, 7) is 6.01. The predicted molar refractivity (Wildman–Crippen MR) is 131 cm³/mol. The number of hydrogen-bond donors (Lipinski definition) is 0. The van der Waals surface area contributed by atoms with Gasteiger partial charge in [0.05, 0.1) is 5.56 Å². The second-order valence-corrected chi connectivity index (χ2v) is 9.48. The van der Waals surface area contributed by atoms with Crippen molar-refractivity contribution in [1.82, 2.24) is 24.9 Å². The molecule has 2 saturated heterocycles. The van der Waals surface area contributed by atoms with Crippen LogP contribution in [0.25, 0.3) is 11.4 Å². The number of carbonyl (C=O) groups is 2. The van der Waals surface area contributed by atoms with Gasteiger partial charge in [0, 0.05) is 56.7 Å². The fourth-order valence-corrected chi connectivity index (χ4v) is 4.56. The smallest absolute Gasteiger partial charge is 0.316 e. The molecule has 0 aliphatic carbocycles. The van der Waals surface area contributed by atoms with Crippen molar-refractivity contribution in [2.24, 2.45) is 5.92 Å². The average molecular weight is 495 g/mol. The Morgan fingerprint density at radius 1 is 0.914 bits per heavy atom. The Hall–Kier alpha value is -3.46. The van der Waals surface area contributed by atoms with E-state index in [1.54, 1.807) is 21.9 Å². The average Bonchev–Trinajstić information content (AvgIpc) is 3.39. The third-order valence-electron chi connectivity index (χ3n) is 6.71. The second-order valence-electron chi connectivity index (χ2n) is 9.09. The van der Waals surface area contributed by atoms with Crippen molar-refractivity contribution >= 4 is 29.1 Å². The van der Waals surface area contributed by atoms with Gasteiger partial charge in [0.2, 0.25) is 5.82 Å². The van der Waals surface area contributed by atoms with Gasteiger partial charge in [0.25, 0.3) is 5.91 Å². The van der Waals surface area contributed by atoms with Crippen LogP contribution in [0.1, 0.15) is 40.8 Å². The molecule has 0 bridgehead atoms. The number of carbonyl (C=O) groups excluding carboxylic acids is 2. The van der Waals surface area contributed by atoms with E-state index in [1.165, 1.54) is 24.7 Å². The molecule has 0 N–H and O–H groups in total. The molecule has 9 nitrogen and oxygen atoms in total. The lowest BCUT2D eigenvalue weighted by Gasteiger charge is -2.34. The van der Waals surface area contributed by atoms with Crippen LogP contribution in [0.5, 0.6) is 0 Å². The van der Waals surface area contributed by atoms with Crippen LogP contribution >= 0.6 is 11.6 Å². The van der Waals surface area contributed by atoms with Crippen LogP contribution in [-0.4, -0.2) is 76.0 Å². The van der Waals surface area contributed by atoms with Gasteiger partial charge >= 0.3 is 11.8 Å². The Bertz CT molecular complexity index is 1180. The molecule has 2 fully saturated rings. The van der Waals surface area contributed by atoms with Gasteiger partial charge in [0.15, 0.2) is 0 Å². The molecule has 4 heterocycles. The summed E-state index contributed by atoms with van der Waals surface area (Å²) in [4.78, 5) is 39.6. The Kier molecular flexibility index (Phi) is 6.68. The standard InChI is InChI=1S/C25H27ClN6O3/c1-17-8-10-30(11-9-17)20-5-2-18(3-6-20)22-28-23(35-29-22)25(34)32-14-12-31(13-15-32)24(33)19-4-7-21(26)27-16-19/h2-7,16-17H,8-15H2,1H3. The Morgan fingerprint density at radius 2 is 1.57 bits per heavy atom. The number of piperidine rings is 1. The lowest BCUT2D eigenvalue weighted by Crippen LogP contribution is -2.50. The van der Waals surface area contributed by atoms with Gasteiger partial charge in [-0.25, -0.2) is 4.98 Å². The van der Waals surface area contributed by atoms with E-state index in [4.69, 9.17) is 16.1 Å². The van der Waals surface area contributed by atoms with E-state index in [9.17, 15) is 9.59 Å². The van der Waals surface area contributed by atoms with Crippen LogP contribution < -0.4 is 4.90 Å². The minimum atomic E-state index is -0.330. The van der Waals surface area contributed by atoms with E-state index in [2.05, 4.69) is 39.1 Å². The summed E-state index contributed by atoms with van der Waals surface area (Å²) in [6, 6.07) is 11.3. The van der Waals surface area contributed by atoms with Crippen molar-refractivity contribution in [2.75, 3.05) is 44.2 Å². The SMILES string of the molecule is CC1CCN(c2ccc(-c3noc(C(=O)N4CCN(C(=O)c5ccc(Cl)nc5)CC4)n3)cc2)CC1. The van der Waals surface area contributed by atoms with Crippen molar-refractivity contribution in [3.05, 3.63) is 59.2 Å². The number of pyridine rings is 1. The van der Waals surface area contributed by atoms with Crippen LogP contribution in [0.4, 0.5) is 5.69 Å². The number of anilines is 1. The Morgan fingerprint density at radius 3 is 2.20 bits per heavy atom. The molecule has 10 heteroatoms. The quantitative estimate of drug-likeness (QED) is 0.511. The van der Waals surface area contributed by atoms with E-state index < -0.39 is 0 Å². The first-order valence-electron chi connectivity index (χ1n) is 11.9. The number of aromatic nitrogens is 3. The molecule has 2 aromatic heterocycles. The molecule has 1 aromatic carbocycles. The maximum Gasteiger partial charge on any atom is 0.316 e. The topological polar surface area (TPSA) is 95.7 Å². The molecular weight excluding hydrogens is 468 g/mol. The monoisotopic (exact) mass is 494 g/mol. The molecule has 0 atom stereocenters. The summed E-state index contributed by atoms with van der Waals surface area (Å²) < 4.78 is 5.28. The maximum atomic E-state index is 12.9. The normalized spacial score (nSPS) is 17.0. The molecule has 0 saturated carbocycles. The Labute approximate surface area is 208 Å². The number of nitrogens with zero attached hydrogens (tertiary/aromatic N) is 6. The van der Waals surface area contributed by atoms with Gasteiger partial charge < -0.3 is 19.2 Å². The van der Waals surface area contributed by atoms with Crippen molar-refractivity contribution in [3.63, 3.8) is 0 Å². The van der Waals surface area contributed by atoms with E-state index in [0.29, 0.717) is 42.7 Å². The maximum absolute atomic E-state index is 12.9. The highest BCUT2D eigenvalue weighted by atomic mass is 35.5. The number of halogens is 1. The number of rotatable bonds is 4. The number of hydrogen-bond acceptors (Lipinski definition) is 7. The molecular formula is C25H27ClN6O3. The lowest BCUT2D eigenvalue weighted by atomic mass is 9.98. The van der Waals surface area contributed by atoms with Gasteiger partial charge in [-0.1, -0.05) is 23.7 Å². The fourth-order valence-electron chi connectivity index (χ4n) is 4.45. The first kappa shape index (κ1) is 23.3. The largest absolute Gasteiger partial charge is 0.372 e. The van der Waals surface area contributed by atoms with Crippen LogP contribution in [-0.2, 0) is 0 Å². The summed E-state index contributed by atoms with van der Waals surface area (Å²) in [5.74, 6) is 0.656. The molecule has 2 aliphatic heterocycles. The van der Waals surface area contributed by atoms with Crippen molar-refractivity contribution in [1.29, 1.82) is 0 Å². The highest BCUT2D eigenvalue weighted by Crippen LogP contribution is 2.25. The number of benzene rings is 1. The molecule has 2 amide bonds. The summed E-state index contributed by atoms with van der Waals surface area (Å²) in [6.07, 6.45) is 3.87. The van der Waals surface area contributed by atoms with Gasteiger partial charge in [-0.05, 0) is 55.2 Å². The zero-order valence-corrected chi connectivity index (χ0v) is 20.3. The fraction of sp³-hybridized carbons (Fsp3) is 0.400. The molecule has 0 spiro atoms. The number of piperazine rings is 1. The highest BCUT2D eigenvalue weighted by molar-refractivity contribution is 6.29. The highest BCUT2D eigenvalue weighted by Gasteiger charge is 2.29. The first-order chi connectivity index (χ1) is 17.0. The first-order valence-corrected chi connectivity index (χ1v) is 12.2. The van der Waals surface area contributed by atoms with Gasteiger partial charge in [-0.3, -0.25) is 9.59 Å². The molecule has 3 aromatic rings.